The summed E-state index contributed by atoms with van der Waals surface area (Å²) >= 11 is 9.47. The van der Waals surface area contributed by atoms with Gasteiger partial charge in [0.1, 0.15) is 22.2 Å². The minimum atomic E-state index is -0.493. The van der Waals surface area contributed by atoms with Gasteiger partial charge in [-0.2, -0.15) is 14.9 Å². The van der Waals surface area contributed by atoms with Gasteiger partial charge in [-0.15, -0.1) is 0 Å². The van der Waals surface area contributed by atoms with Gasteiger partial charge in [0.2, 0.25) is 0 Å². The fraction of sp³-hybridized carbons (Fsp3) is 0.0556. The van der Waals surface area contributed by atoms with E-state index in [9.17, 15) is 9.90 Å². The molecule has 138 valence electrons. The molecule has 0 saturated carbocycles. The number of ether oxygens (including phenoxy) is 1. The monoisotopic (exact) mass is 448 g/mol. The molecule has 3 rings (SSSR count). The summed E-state index contributed by atoms with van der Waals surface area (Å²) in [5.41, 5.74) is 3.46. The number of phenolic OH excluding ortho intramolecular Hbond substituents is 1. The molecule has 0 bridgehead atoms. The molecule has 7 nitrogen and oxygen atoms in total. The van der Waals surface area contributed by atoms with Crippen LogP contribution in [0.25, 0.3) is 5.69 Å². The third kappa shape index (κ3) is 4.29. The highest BCUT2D eigenvalue weighted by molar-refractivity contribution is 9.10. The second kappa shape index (κ2) is 8.24. The Morgan fingerprint density at radius 3 is 2.74 bits per heavy atom. The SMILES string of the molecule is COc1ccc(-n2ncc(N/N=C\c3cc(Br)ccc3O)c(Cl)c2=O)cc1. The third-order valence-electron chi connectivity index (χ3n) is 3.61. The number of anilines is 1. The van der Waals surface area contributed by atoms with Crippen LogP contribution < -0.4 is 15.7 Å². The van der Waals surface area contributed by atoms with Crippen LogP contribution in [0.15, 0.2) is 63.0 Å². The van der Waals surface area contributed by atoms with Gasteiger partial charge in [-0.1, -0.05) is 27.5 Å². The molecule has 0 atom stereocenters. The van der Waals surface area contributed by atoms with Crippen molar-refractivity contribution in [1.29, 1.82) is 0 Å². The maximum Gasteiger partial charge on any atom is 0.292 e. The minimum absolute atomic E-state index is 0.0589. The first-order valence-corrected chi connectivity index (χ1v) is 8.86. The Hall–Kier alpha value is -2.84. The van der Waals surface area contributed by atoms with E-state index in [0.29, 0.717) is 17.0 Å². The summed E-state index contributed by atoms with van der Waals surface area (Å²) in [5, 5.41) is 17.8. The Morgan fingerprint density at radius 2 is 2.04 bits per heavy atom. The molecule has 0 spiro atoms. The molecule has 0 radical (unpaired) electrons. The molecule has 0 unspecified atom stereocenters. The van der Waals surface area contributed by atoms with E-state index in [1.807, 2.05) is 0 Å². The van der Waals surface area contributed by atoms with Crippen LogP contribution in [-0.2, 0) is 0 Å². The topological polar surface area (TPSA) is 88.7 Å². The molecule has 0 aliphatic carbocycles. The molecule has 2 aromatic carbocycles. The van der Waals surface area contributed by atoms with Crippen LogP contribution >= 0.6 is 27.5 Å². The van der Waals surface area contributed by atoms with Crippen molar-refractivity contribution in [1.82, 2.24) is 9.78 Å². The largest absolute Gasteiger partial charge is 0.507 e. The predicted molar refractivity (Wildman–Crippen MR) is 108 cm³/mol. The fourth-order valence-electron chi connectivity index (χ4n) is 2.22. The van der Waals surface area contributed by atoms with E-state index in [1.165, 1.54) is 23.2 Å². The summed E-state index contributed by atoms with van der Waals surface area (Å²) < 4.78 is 7.07. The van der Waals surface area contributed by atoms with Crippen LogP contribution in [0.3, 0.4) is 0 Å². The first kappa shape index (κ1) is 18.9. The molecule has 0 aliphatic heterocycles. The van der Waals surface area contributed by atoms with Gasteiger partial charge < -0.3 is 9.84 Å². The number of hydrogen-bond donors (Lipinski definition) is 2. The molecular weight excluding hydrogens is 436 g/mol. The van der Waals surface area contributed by atoms with Crippen LogP contribution in [0.5, 0.6) is 11.5 Å². The highest BCUT2D eigenvalue weighted by Crippen LogP contribution is 2.21. The molecule has 1 aromatic heterocycles. The van der Waals surface area contributed by atoms with Gasteiger partial charge in [0, 0.05) is 10.0 Å². The number of rotatable bonds is 5. The lowest BCUT2D eigenvalue weighted by molar-refractivity contribution is 0.414. The molecule has 0 saturated heterocycles. The van der Waals surface area contributed by atoms with Crippen molar-refractivity contribution in [3.05, 3.63) is 74.1 Å². The number of nitrogens with one attached hydrogen (secondary N) is 1. The number of hydrogen-bond acceptors (Lipinski definition) is 6. The van der Waals surface area contributed by atoms with Crippen LogP contribution in [0.4, 0.5) is 5.69 Å². The Balaban J connectivity index is 1.83. The molecule has 0 amide bonds. The van der Waals surface area contributed by atoms with E-state index in [1.54, 1.807) is 43.5 Å². The summed E-state index contributed by atoms with van der Waals surface area (Å²) in [6.45, 7) is 0. The minimum Gasteiger partial charge on any atom is -0.507 e. The van der Waals surface area contributed by atoms with Crippen LogP contribution in [0.1, 0.15) is 5.56 Å². The second-order valence-electron chi connectivity index (χ2n) is 5.36. The van der Waals surface area contributed by atoms with Gasteiger partial charge in [-0.05, 0) is 42.5 Å². The van der Waals surface area contributed by atoms with E-state index in [2.05, 4.69) is 31.6 Å². The van der Waals surface area contributed by atoms with Crippen LogP contribution in [0.2, 0.25) is 5.02 Å². The molecule has 3 aromatic rings. The van der Waals surface area contributed by atoms with Crippen molar-refractivity contribution in [3.8, 4) is 17.2 Å². The maximum atomic E-state index is 12.5. The van der Waals surface area contributed by atoms with Crippen molar-refractivity contribution >= 4 is 39.4 Å². The summed E-state index contributed by atoms with van der Waals surface area (Å²) in [6, 6.07) is 11.8. The number of methoxy groups -OCH3 is 1. The first-order chi connectivity index (χ1) is 13.0. The average molecular weight is 450 g/mol. The van der Waals surface area contributed by atoms with E-state index >= 15 is 0 Å². The Kier molecular flexibility index (Phi) is 5.78. The van der Waals surface area contributed by atoms with Gasteiger partial charge in [-0.25, -0.2) is 0 Å². The van der Waals surface area contributed by atoms with Gasteiger partial charge in [0.25, 0.3) is 5.56 Å². The number of halogens is 2. The van der Waals surface area contributed by atoms with Crippen molar-refractivity contribution in [2.75, 3.05) is 12.5 Å². The highest BCUT2D eigenvalue weighted by atomic mass is 79.9. The van der Waals surface area contributed by atoms with Crippen LogP contribution in [0, 0.1) is 0 Å². The van der Waals surface area contributed by atoms with Crippen molar-refractivity contribution in [3.63, 3.8) is 0 Å². The number of nitrogens with zero attached hydrogens (tertiary/aromatic N) is 3. The van der Waals surface area contributed by atoms with Gasteiger partial charge in [0.15, 0.2) is 0 Å². The maximum absolute atomic E-state index is 12.5. The van der Waals surface area contributed by atoms with Gasteiger partial charge in [0.05, 0.1) is 25.2 Å². The lowest BCUT2D eigenvalue weighted by Gasteiger charge is -2.08. The standard InChI is InChI=1S/C18H14BrClN4O3/c1-27-14-5-3-13(4-6-14)24-18(26)17(20)15(10-22-24)23-21-9-11-8-12(19)2-7-16(11)25/h2-10,23,25H,1H3/b21-9-. The van der Waals surface area contributed by atoms with E-state index in [-0.39, 0.29) is 16.5 Å². The first-order valence-electron chi connectivity index (χ1n) is 7.69. The highest BCUT2D eigenvalue weighted by Gasteiger charge is 2.10. The Bertz CT molecular complexity index is 1050. The lowest BCUT2D eigenvalue weighted by Crippen LogP contribution is -2.22. The number of aromatic nitrogens is 2. The molecule has 2 N–H and O–H groups in total. The quantitative estimate of drug-likeness (QED) is 0.457. The van der Waals surface area contributed by atoms with Crippen molar-refractivity contribution in [2.45, 2.75) is 0 Å². The smallest absolute Gasteiger partial charge is 0.292 e. The zero-order valence-electron chi connectivity index (χ0n) is 14.1. The predicted octanol–water partition coefficient (Wildman–Crippen LogP) is 3.81. The molecule has 0 aliphatic rings. The van der Waals surface area contributed by atoms with Crippen LogP contribution in [-0.4, -0.2) is 28.2 Å². The number of aromatic hydroxyl groups is 1. The van der Waals surface area contributed by atoms with Gasteiger partial charge in [-0.3, -0.25) is 10.2 Å². The van der Waals surface area contributed by atoms with E-state index < -0.39 is 5.56 Å². The lowest BCUT2D eigenvalue weighted by atomic mass is 10.2. The molecule has 27 heavy (non-hydrogen) atoms. The van der Waals surface area contributed by atoms with E-state index in [4.69, 9.17) is 16.3 Å². The molecule has 1 heterocycles. The zero-order chi connectivity index (χ0) is 19.4. The number of hydrazone groups is 1. The fourth-order valence-corrected chi connectivity index (χ4v) is 2.77. The van der Waals surface area contributed by atoms with E-state index in [0.717, 1.165) is 4.47 Å². The summed E-state index contributed by atoms with van der Waals surface area (Å²) in [6.07, 6.45) is 2.80. The van der Waals surface area contributed by atoms with Crippen molar-refractivity contribution < 1.29 is 9.84 Å². The summed E-state index contributed by atoms with van der Waals surface area (Å²) in [4.78, 5) is 12.5. The zero-order valence-corrected chi connectivity index (χ0v) is 16.4. The molecular formula is C18H14BrClN4O3. The normalized spacial score (nSPS) is 10.9. The Labute approximate surface area is 168 Å². The third-order valence-corrected chi connectivity index (χ3v) is 4.47. The number of benzene rings is 2. The van der Waals surface area contributed by atoms with Gasteiger partial charge >= 0.3 is 0 Å². The number of phenols is 1. The Morgan fingerprint density at radius 1 is 1.30 bits per heavy atom. The second-order valence-corrected chi connectivity index (χ2v) is 6.65. The summed E-state index contributed by atoms with van der Waals surface area (Å²) in [5.74, 6) is 0.740. The molecule has 9 heteroatoms. The van der Waals surface area contributed by atoms with Crippen molar-refractivity contribution in [2.24, 2.45) is 5.10 Å². The molecule has 0 fully saturated rings. The average Bonchev–Trinajstić information content (AvgIpc) is 2.68. The summed E-state index contributed by atoms with van der Waals surface area (Å²) in [7, 11) is 1.56.